The Balaban J connectivity index is 1.59. The van der Waals surface area contributed by atoms with E-state index in [0.29, 0.717) is 32.6 Å². The fourth-order valence-corrected chi connectivity index (χ4v) is 4.10. The first-order valence-corrected chi connectivity index (χ1v) is 9.67. The number of ether oxygens (including phenoxy) is 1. The van der Waals surface area contributed by atoms with Crippen LogP contribution in [-0.2, 0) is 4.74 Å². The number of piperidine rings is 1. The fourth-order valence-electron chi connectivity index (χ4n) is 2.71. The van der Waals surface area contributed by atoms with Gasteiger partial charge < -0.3 is 9.64 Å². The summed E-state index contributed by atoms with van der Waals surface area (Å²) in [5, 5.41) is 12.5. The van der Waals surface area contributed by atoms with E-state index >= 15 is 0 Å². The van der Waals surface area contributed by atoms with Crippen molar-refractivity contribution in [1.29, 1.82) is 0 Å². The van der Waals surface area contributed by atoms with Gasteiger partial charge in [0.2, 0.25) is 0 Å². The van der Waals surface area contributed by atoms with Crippen molar-refractivity contribution in [3.63, 3.8) is 0 Å². The molecular formula is C16H18Cl2N4O2S. The van der Waals surface area contributed by atoms with Gasteiger partial charge in [-0.1, -0.05) is 40.2 Å². The average molecular weight is 401 g/mol. The van der Waals surface area contributed by atoms with Crippen LogP contribution in [0.25, 0.3) is 0 Å². The number of aromatic nitrogens is 3. The van der Waals surface area contributed by atoms with E-state index in [1.54, 1.807) is 18.7 Å². The zero-order valence-corrected chi connectivity index (χ0v) is 16.0. The Morgan fingerprint density at radius 2 is 2.12 bits per heavy atom. The van der Waals surface area contributed by atoms with Crippen molar-refractivity contribution in [2.24, 2.45) is 0 Å². The van der Waals surface area contributed by atoms with Crippen LogP contribution in [-0.4, -0.2) is 46.3 Å². The van der Waals surface area contributed by atoms with Crippen LogP contribution in [0.2, 0.25) is 10.0 Å². The smallest absolute Gasteiger partial charge is 0.359 e. The molecule has 0 radical (unpaired) electrons. The van der Waals surface area contributed by atoms with Crippen LogP contribution in [0.4, 0.5) is 5.69 Å². The molecular weight excluding hydrogens is 383 g/mol. The van der Waals surface area contributed by atoms with Gasteiger partial charge in [0, 0.05) is 24.0 Å². The first kappa shape index (κ1) is 18.4. The summed E-state index contributed by atoms with van der Waals surface area (Å²) in [6.07, 6.45) is 1.94. The van der Waals surface area contributed by atoms with Crippen LogP contribution < -0.4 is 4.90 Å². The third-order valence-corrected chi connectivity index (χ3v) is 6.04. The molecule has 1 N–H and O–H groups in total. The Bertz CT molecular complexity index is 747. The minimum atomic E-state index is -0.414. The largest absolute Gasteiger partial charge is 0.461 e. The lowest BCUT2D eigenvalue weighted by Gasteiger charge is -2.33. The van der Waals surface area contributed by atoms with Gasteiger partial charge in [0.15, 0.2) is 10.7 Å². The van der Waals surface area contributed by atoms with Gasteiger partial charge >= 0.3 is 5.97 Å². The van der Waals surface area contributed by atoms with Crippen molar-refractivity contribution in [2.45, 2.75) is 30.0 Å². The molecule has 134 valence electrons. The Morgan fingerprint density at radius 1 is 1.36 bits per heavy atom. The normalized spacial score (nSPS) is 15.4. The van der Waals surface area contributed by atoms with E-state index in [1.807, 2.05) is 18.2 Å². The fraction of sp³-hybridized carbons (Fsp3) is 0.438. The molecule has 0 bridgehead atoms. The lowest BCUT2D eigenvalue weighted by Crippen LogP contribution is -2.34. The summed E-state index contributed by atoms with van der Waals surface area (Å²) in [7, 11) is 0. The molecule has 0 aliphatic carbocycles. The maximum atomic E-state index is 11.9. The van der Waals surface area contributed by atoms with Gasteiger partial charge in [0.1, 0.15) is 0 Å². The quantitative estimate of drug-likeness (QED) is 0.763. The highest BCUT2D eigenvalue weighted by Crippen LogP contribution is 2.34. The second kappa shape index (κ2) is 8.29. The summed E-state index contributed by atoms with van der Waals surface area (Å²) in [5.41, 5.74) is 1.41. The lowest BCUT2D eigenvalue weighted by molar-refractivity contribution is 0.0515. The predicted octanol–water partition coefficient (Wildman–Crippen LogP) is 4.05. The first-order valence-electron chi connectivity index (χ1n) is 8.03. The summed E-state index contributed by atoms with van der Waals surface area (Å²) in [4.78, 5) is 14.2. The molecule has 0 saturated carbocycles. The van der Waals surface area contributed by atoms with Gasteiger partial charge in [0.05, 0.1) is 16.7 Å². The van der Waals surface area contributed by atoms with E-state index < -0.39 is 5.97 Å². The molecule has 1 fully saturated rings. The standard InChI is InChI=1S/C16H18Cl2N4O2S/c1-2-24-16(23)14-15(20-21-19-14)25-11-5-7-22(8-6-11)10-3-4-12(17)13(18)9-10/h3-4,9,11H,2,5-8H2,1H3,(H,19,20,21). The van der Waals surface area contributed by atoms with Gasteiger partial charge in [-0.15, -0.1) is 5.10 Å². The molecule has 1 saturated heterocycles. The third kappa shape index (κ3) is 4.40. The van der Waals surface area contributed by atoms with Crippen molar-refractivity contribution in [3.8, 4) is 0 Å². The first-order chi connectivity index (χ1) is 12.1. The summed E-state index contributed by atoms with van der Waals surface area (Å²) in [6.45, 7) is 3.90. The van der Waals surface area contributed by atoms with E-state index in [9.17, 15) is 4.79 Å². The number of carbonyl (C=O) groups excluding carboxylic acids is 1. The number of nitrogens with one attached hydrogen (secondary N) is 1. The second-order valence-corrected chi connectivity index (χ2v) is 7.72. The number of rotatable bonds is 5. The molecule has 1 aromatic carbocycles. The molecule has 0 amide bonds. The van der Waals surface area contributed by atoms with Crippen LogP contribution in [0.1, 0.15) is 30.3 Å². The maximum absolute atomic E-state index is 11.9. The number of carbonyl (C=O) groups is 1. The van der Waals surface area contributed by atoms with Crippen molar-refractivity contribution in [1.82, 2.24) is 15.4 Å². The van der Waals surface area contributed by atoms with E-state index in [1.165, 1.54) is 0 Å². The van der Waals surface area contributed by atoms with Crippen LogP contribution >= 0.6 is 35.0 Å². The Kier molecular flexibility index (Phi) is 6.09. The Hall–Kier alpha value is -1.44. The van der Waals surface area contributed by atoms with E-state index in [0.717, 1.165) is 31.6 Å². The Labute approximate surface area is 160 Å². The van der Waals surface area contributed by atoms with E-state index in [4.69, 9.17) is 27.9 Å². The lowest BCUT2D eigenvalue weighted by atomic mass is 10.1. The van der Waals surface area contributed by atoms with E-state index in [-0.39, 0.29) is 0 Å². The maximum Gasteiger partial charge on any atom is 0.359 e. The molecule has 0 atom stereocenters. The number of hydrogen-bond donors (Lipinski definition) is 1. The number of nitrogens with zero attached hydrogens (tertiary/aromatic N) is 3. The van der Waals surface area contributed by atoms with Crippen molar-refractivity contribution in [3.05, 3.63) is 33.9 Å². The number of esters is 1. The molecule has 3 rings (SSSR count). The summed E-state index contributed by atoms with van der Waals surface area (Å²) >= 11 is 13.7. The monoisotopic (exact) mass is 400 g/mol. The number of thioether (sulfide) groups is 1. The second-order valence-electron chi connectivity index (χ2n) is 5.62. The molecule has 6 nitrogen and oxygen atoms in total. The molecule has 2 aromatic rings. The molecule has 2 heterocycles. The third-order valence-electron chi connectivity index (χ3n) is 3.98. The number of anilines is 1. The predicted molar refractivity (Wildman–Crippen MR) is 99.9 cm³/mol. The van der Waals surface area contributed by atoms with Crippen LogP contribution in [0.15, 0.2) is 23.2 Å². The minimum absolute atomic E-state index is 0.323. The Morgan fingerprint density at radius 3 is 2.80 bits per heavy atom. The van der Waals surface area contributed by atoms with Gasteiger partial charge in [-0.3, -0.25) is 5.10 Å². The van der Waals surface area contributed by atoms with Crippen molar-refractivity contribution >= 4 is 46.6 Å². The SMILES string of the molecule is CCOC(=O)c1[nH]nnc1SC1CCN(c2ccc(Cl)c(Cl)c2)CC1. The minimum Gasteiger partial charge on any atom is -0.461 e. The highest BCUT2D eigenvalue weighted by Gasteiger charge is 2.25. The molecule has 1 aromatic heterocycles. The topological polar surface area (TPSA) is 71.1 Å². The number of aromatic amines is 1. The summed E-state index contributed by atoms with van der Waals surface area (Å²) < 4.78 is 5.02. The number of benzene rings is 1. The van der Waals surface area contributed by atoms with Gasteiger partial charge in [-0.2, -0.15) is 0 Å². The zero-order chi connectivity index (χ0) is 17.8. The number of H-pyrrole nitrogens is 1. The van der Waals surface area contributed by atoms with Crippen molar-refractivity contribution in [2.75, 3.05) is 24.6 Å². The van der Waals surface area contributed by atoms with Gasteiger partial charge in [-0.25, -0.2) is 4.79 Å². The van der Waals surface area contributed by atoms with Crippen LogP contribution in [0.3, 0.4) is 0 Å². The highest BCUT2D eigenvalue weighted by atomic mass is 35.5. The zero-order valence-electron chi connectivity index (χ0n) is 13.7. The van der Waals surface area contributed by atoms with E-state index in [2.05, 4.69) is 20.3 Å². The molecule has 0 unspecified atom stereocenters. The van der Waals surface area contributed by atoms with Crippen LogP contribution in [0, 0.1) is 0 Å². The summed E-state index contributed by atoms with van der Waals surface area (Å²) in [6, 6.07) is 5.70. The number of halogens is 2. The molecule has 1 aliphatic rings. The molecule has 9 heteroatoms. The molecule has 0 spiro atoms. The van der Waals surface area contributed by atoms with Gasteiger partial charge in [-0.05, 0) is 38.0 Å². The molecule has 25 heavy (non-hydrogen) atoms. The highest BCUT2D eigenvalue weighted by molar-refractivity contribution is 7.99. The van der Waals surface area contributed by atoms with Gasteiger partial charge in [0.25, 0.3) is 0 Å². The number of hydrogen-bond acceptors (Lipinski definition) is 6. The average Bonchev–Trinajstić information content (AvgIpc) is 3.06. The van der Waals surface area contributed by atoms with Crippen LogP contribution in [0.5, 0.6) is 0 Å². The molecule has 1 aliphatic heterocycles. The van der Waals surface area contributed by atoms with Crippen molar-refractivity contribution < 1.29 is 9.53 Å². The summed E-state index contributed by atoms with van der Waals surface area (Å²) in [5.74, 6) is -0.414.